The lowest BCUT2D eigenvalue weighted by molar-refractivity contribution is -0.124. The van der Waals surface area contributed by atoms with Crippen molar-refractivity contribution in [3.8, 4) is 5.69 Å². The van der Waals surface area contributed by atoms with Crippen molar-refractivity contribution in [2.75, 3.05) is 18.8 Å². The van der Waals surface area contributed by atoms with Gasteiger partial charge in [0.05, 0.1) is 11.4 Å². The van der Waals surface area contributed by atoms with E-state index in [1.807, 2.05) is 35.8 Å². The van der Waals surface area contributed by atoms with Crippen LogP contribution in [-0.4, -0.2) is 50.4 Å². The Balaban J connectivity index is 1.72. The van der Waals surface area contributed by atoms with Crippen LogP contribution < -0.4 is 5.32 Å². The number of amides is 3. The summed E-state index contributed by atoms with van der Waals surface area (Å²) in [5, 5.41) is 11.2. The van der Waals surface area contributed by atoms with Gasteiger partial charge >= 0.3 is 6.03 Å². The van der Waals surface area contributed by atoms with Gasteiger partial charge in [-0.3, -0.25) is 14.3 Å². The normalized spacial score (nSPS) is 14.2. The van der Waals surface area contributed by atoms with Crippen LogP contribution in [0.25, 0.3) is 5.69 Å². The van der Waals surface area contributed by atoms with E-state index in [9.17, 15) is 9.59 Å². The van der Waals surface area contributed by atoms with Crippen molar-refractivity contribution >= 4 is 23.7 Å². The zero-order valence-electron chi connectivity index (χ0n) is 12.0. The monoisotopic (exact) mass is 317 g/mol. The number of hydrogen-bond donors (Lipinski definition) is 1. The number of nitrogens with zero attached hydrogens (tertiary/aromatic N) is 4. The molecule has 0 spiro atoms. The number of carbonyl (C=O) groups is 2. The molecule has 7 nitrogen and oxygen atoms in total. The molecule has 1 aliphatic heterocycles. The van der Waals surface area contributed by atoms with E-state index in [1.165, 1.54) is 16.7 Å². The molecule has 0 saturated carbocycles. The van der Waals surface area contributed by atoms with Crippen LogP contribution in [0.1, 0.15) is 5.56 Å². The van der Waals surface area contributed by atoms with Gasteiger partial charge in [-0.25, -0.2) is 4.79 Å². The second-order valence-electron chi connectivity index (χ2n) is 4.84. The number of hydrogen-bond acceptors (Lipinski definition) is 5. The topological polar surface area (TPSA) is 80.1 Å². The van der Waals surface area contributed by atoms with Crippen molar-refractivity contribution in [2.24, 2.45) is 0 Å². The summed E-state index contributed by atoms with van der Waals surface area (Å²) in [4.78, 5) is 24.7. The summed E-state index contributed by atoms with van der Waals surface area (Å²) in [7, 11) is 0. The predicted molar refractivity (Wildman–Crippen MR) is 81.9 cm³/mol. The molecule has 8 heteroatoms. The molecule has 3 rings (SSSR count). The molecular weight excluding hydrogens is 302 g/mol. The summed E-state index contributed by atoms with van der Waals surface area (Å²) >= 11 is 1.27. The molecule has 0 radical (unpaired) electrons. The summed E-state index contributed by atoms with van der Waals surface area (Å²) in [6.07, 6.45) is 1.62. The summed E-state index contributed by atoms with van der Waals surface area (Å²) < 4.78 is 1.84. The number of imide groups is 1. The molecule has 0 bridgehead atoms. The Morgan fingerprint density at radius 2 is 2.23 bits per heavy atom. The fraction of sp³-hybridized carbons (Fsp3) is 0.286. The third-order valence-corrected chi connectivity index (χ3v) is 4.30. The smallest absolute Gasteiger partial charge is 0.324 e. The molecule has 1 aromatic carbocycles. The highest BCUT2D eigenvalue weighted by molar-refractivity contribution is 7.99. The van der Waals surface area contributed by atoms with Crippen molar-refractivity contribution in [3.05, 3.63) is 36.2 Å². The first kappa shape index (κ1) is 14.6. The maximum atomic E-state index is 12.1. The summed E-state index contributed by atoms with van der Waals surface area (Å²) in [5.74, 6) is -0.0721. The highest BCUT2D eigenvalue weighted by Crippen LogP contribution is 2.22. The maximum absolute atomic E-state index is 12.1. The Bertz CT molecular complexity index is 715. The maximum Gasteiger partial charge on any atom is 0.324 e. The first-order valence-electron chi connectivity index (χ1n) is 6.84. The number of benzene rings is 1. The average Bonchev–Trinajstić information content (AvgIpc) is 3.14. The molecule has 1 N–H and O–H groups in total. The Kier molecular flexibility index (Phi) is 4.10. The third-order valence-electron chi connectivity index (χ3n) is 3.37. The van der Waals surface area contributed by atoms with Gasteiger partial charge in [0.25, 0.3) is 0 Å². The van der Waals surface area contributed by atoms with Crippen LogP contribution in [0, 0.1) is 6.92 Å². The lowest BCUT2D eigenvalue weighted by atomic mass is 10.2. The summed E-state index contributed by atoms with van der Waals surface area (Å²) in [6, 6.07) is 7.55. The predicted octanol–water partition coefficient (Wildman–Crippen LogP) is 1.22. The number of aromatic nitrogens is 3. The van der Waals surface area contributed by atoms with Gasteiger partial charge in [0.1, 0.15) is 6.33 Å². The molecule has 2 heterocycles. The van der Waals surface area contributed by atoms with E-state index in [-0.39, 0.29) is 17.7 Å². The van der Waals surface area contributed by atoms with E-state index in [1.54, 1.807) is 6.33 Å². The Labute approximate surface area is 131 Å². The summed E-state index contributed by atoms with van der Waals surface area (Å²) in [5.41, 5.74) is 2.07. The first-order chi connectivity index (χ1) is 10.7. The van der Waals surface area contributed by atoms with Crippen LogP contribution in [-0.2, 0) is 4.79 Å². The van der Waals surface area contributed by atoms with Crippen LogP contribution >= 0.6 is 11.8 Å². The second-order valence-corrected chi connectivity index (χ2v) is 5.78. The molecule has 114 valence electrons. The van der Waals surface area contributed by atoms with E-state index in [4.69, 9.17) is 0 Å². The van der Waals surface area contributed by atoms with E-state index in [2.05, 4.69) is 15.5 Å². The van der Waals surface area contributed by atoms with E-state index in [0.717, 1.165) is 11.3 Å². The molecule has 1 saturated heterocycles. The highest BCUT2D eigenvalue weighted by Gasteiger charge is 2.26. The highest BCUT2D eigenvalue weighted by atomic mass is 32.2. The lowest BCUT2D eigenvalue weighted by Gasteiger charge is -2.12. The van der Waals surface area contributed by atoms with Gasteiger partial charge < -0.3 is 5.32 Å². The van der Waals surface area contributed by atoms with Gasteiger partial charge in [0, 0.05) is 13.1 Å². The number of aryl methyl sites for hydroxylation is 1. The molecule has 0 atom stereocenters. The molecule has 0 aliphatic carbocycles. The quantitative estimate of drug-likeness (QED) is 0.858. The molecule has 1 aromatic heterocycles. The number of carbonyl (C=O) groups excluding carboxylic acids is 2. The van der Waals surface area contributed by atoms with Gasteiger partial charge in [-0.05, 0) is 18.6 Å². The van der Waals surface area contributed by atoms with E-state index >= 15 is 0 Å². The molecule has 22 heavy (non-hydrogen) atoms. The molecule has 1 aliphatic rings. The van der Waals surface area contributed by atoms with Gasteiger partial charge in [-0.15, -0.1) is 10.2 Å². The fourth-order valence-electron chi connectivity index (χ4n) is 2.24. The van der Waals surface area contributed by atoms with Crippen LogP contribution in [0.5, 0.6) is 0 Å². The molecule has 0 unspecified atom stereocenters. The standard InChI is InChI=1S/C14H15N5O2S/c1-10-4-2-3-5-11(10)19-9-16-17-14(19)22-8-12(20)18-7-6-15-13(18)21/h2-5,9H,6-8H2,1H3,(H,15,21). The number of nitrogens with one attached hydrogen (secondary N) is 1. The van der Waals surface area contributed by atoms with Crippen molar-refractivity contribution < 1.29 is 9.59 Å². The number of para-hydroxylation sites is 1. The molecule has 3 amide bonds. The van der Waals surface area contributed by atoms with Crippen LogP contribution in [0.4, 0.5) is 4.79 Å². The largest absolute Gasteiger partial charge is 0.336 e. The van der Waals surface area contributed by atoms with Gasteiger partial charge in [-0.2, -0.15) is 0 Å². The number of rotatable bonds is 4. The van der Waals surface area contributed by atoms with Crippen LogP contribution in [0.15, 0.2) is 35.7 Å². The zero-order chi connectivity index (χ0) is 15.5. The number of urea groups is 1. The average molecular weight is 317 g/mol. The van der Waals surface area contributed by atoms with Gasteiger partial charge in [0.2, 0.25) is 5.91 Å². The zero-order valence-corrected chi connectivity index (χ0v) is 12.8. The minimum absolute atomic E-state index is 0.151. The van der Waals surface area contributed by atoms with Crippen LogP contribution in [0.2, 0.25) is 0 Å². The van der Waals surface area contributed by atoms with Crippen molar-refractivity contribution in [2.45, 2.75) is 12.1 Å². The van der Waals surface area contributed by atoms with Crippen molar-refractivity contribution in [1.29, 1.82) is 0 Å². The van der Waals surface area contributed by atoms with Crippen molar-refractivity contribution in [1.82, 2.24) is 25.0 Å². The van der Waals surface area contributed by atoms with E-state index < -0.39 is 0 Å². The molecule has 1 fully saturated rings. The fourth-order valence-corrected chi connectivity index (χ4v) is 3.03. The van der Waals surface area contributed by atoms with Gasteiger partial charge in [0.15, 0.2) is 5.16 Å². The molecular formula is C14H15N5O2S. The minimum atomic E-state index is -0.328. The molecule has 2 aromatic rings. The second kappa shape index (κ2) is 6.18. The SMILES string of the molecule is Cc1ccccc1-n1cnnc1SCC(=O)N1CCNC1=O. The third kappa shape index (κ3) is 2.82. The lowest BCUT2D eigenvalue weighted by Crippen LogP contribution is -2.35. The number of thioether (sulfide) groups is 1. The van der Waals surface area contributed by atoms with Gasteiger partial charge in [-0.1, -0.05) is 30.0 Å². The van der Waals surface area contributed by atoms with Crippen LogP contribution in [0.3, 0.4) is 0 Å². The minimum Gasteiger partial charge on any atom is -0.336 e. The summed E-state index contributed by atoms with van der Waals surface area (Å²) in [6.45, 7) is 2.93. The first-order valence-corrected chi connectivity index (χ1v) is 7.82. The van der Waals surface area contributed by atoms with Crippen molar-refractivity contribution in [3.63, 3.8) is 0 Å². The Hall–Kier alpha value is -2.35. The Morgan fingerprint density at radius 3 is 2.95 bits per heavy atom. The Morgan fingerprint density at radius 1 is 1.41 bits per heavy atom. The van der Waals surface area contributed by atoms with E-state index in [0.29, 0.717) is 18.2 Å².